The summed E-state index contributed by atoms with van der Waals surface area (Å²) in [5, 5.41) is 2.34. The van der Waals surface area contributed by atoms with E-state index in [0.29, 0.717) is 40.9 Å². The van der Waals surface area contributed by atoms with E-state index in [9.17, 15) is 14.4 Å². The van der Waals surface area contributed by atoms with Crippen LogP contribution in [0, 0.1) is 6.92 Å². The lowest BCUT2D eigenvalue weighted by Gasteiger charge is -2.20. The molecule has 0 saturated carbocycles. The Morgan fingerprint density at radius 1 is 1.15 bits per heavy atom. The van der Waals surface area contributed by atoms with E-state index in [1.807, 2.05) is 31.2 Å². The van der Waals surface area contributed by atoms with E-state index >= 15 is 0 Å². The van der Waals surface area contributed by atoms with Crippen LogP contribution in [0.4, 0.5) is 4.79 Å². The van der Waals surface area contributed by atoms with Gasteiger partial charge in [-0.25, -0.2) is 0 Å². The molecule has 34 heavy (non-hydrogen) atoms. The number of hydrogen-bond acceptors (Lipinski definition) is 7. The van der Waals surface area contributed by atoms with Gasteiger partial charge < -0.3 is 19.5 Å². The zero-order valence-corrected chi connectivity index (χ0v) is 19.6. The molecule has 0 unspecified atom stereocenters. The van der Waals surface area contributed by atoms with Crippen molar-refractivity contribution in [3.63, 3.8) is 0 Å². The molecule has 3 amide bonds. The molecule has 9 heteroatoms. The molecular formula is C25H24N2O6S. The van der Waals surface area contributed by atoms with E-state index in [0.717, 1.165) is 27.8 Å². The zero-order valence-electron chi connectivity index (χ0n) is 18.8. The Morgan fingerprint density at radius 2 is 1.91 bits per heavy atom. The minimum absolute atomic E-state index is 0.0906. The molecule has 2 heterocycles. The minimum Gasteiger partial charge on any atom is -0.493 e. The highest BCUT2D eigenvalue weighted by Crippen LogP contribution is 2.40. The SMILES string of the molecule is COc1cc(/C=C/C(=O)NCCN2C(=O)S/C(=C\c3ccc(C)cc3)C2=O)cc2c1OCCO2. The predicted molar refractivity (Wildman–Crippen MR) is 130 cm³/mol. The van der Waals surface area contributed by atoms with Crippen LogP contribution in [0.3, 0.4) is 0 Å². The highest BCUT2D eigenvalue weighted by molar-refractivity contribution is 8.18. The number of ether oxygens (including phenoxy) is 3. The maximum absolute atomic E-state index is 12.6. The van der Waals surface area contributed by atoms with Crippen molar-refractivity contribution < 1.29 is 28.6 Å². The quantitative estimate of drug-likeness (QED) is 0.605. The van der Waals surface area contributed by atoms with Crippen molar-refractivity contribution in [2.75, 3.05) is 33.4 Å². The van der Waals surface area contributed by atoms with Crippen molar-refractivity contribution in [1.29, 1.82) is 0 Å². The number of nitrogens with zero attached hydrogens (tertiary/aromatic N) is 1. The fourth-order valence-corrected chi connectivity index (χ4v) is 4.28. The first-order valence-electron chi connectivity index (χ1n) is 10.7. The Hall–Kier alpha value is -3.72. The lowest BCUT2D eigenvalue weighted by atomic mass is 10.1. The largest absolute Gasteiger partial charge is 0.493 e. The maximum Gasteiger partial charge on any atom is 0.293 e. The Labute approximate surface area is 201 Å². The third-order valence-corrected chi connectivity index (χ3v) is 6.07. The van der Waals surface area contributed by atoms with Gasteiger partial charge >= 0.3 is 0 Å². The standard InChI is InChI=1S/C25H24N2O6S/c1-16-3-5-17(6-4-16)15-21-24(29)27(25(30)34-21)10-9-26-22(28)8-7-18-13-19(31-2)23-20(14-18)32-11-12-33-23/h3-8,13-15H,9-12H2,1-2H3,(H,26,28)/b8-7+,21-15-. The summed E-state index contributed by atoms with van der Waals surface area (Å²) in [4.78, 5) is 38.6. The molecule has 4 rings (SSSR count). The number of thioether (sulfide) groups is 1. The number of hydrogen-bond donors (Lipinski definition) is 1. The summed E-state index contributed by atoms with van der Waals surface area (Å²) in [6, 6.07) is 11.2. The first-order valence-corrected chi connectivity index (χ1v) is 11.5. The van der Waals surface area contributed by atoms with Gasteiger partial charge in [0.15, 0.2) is 11.5 Å². The van der Waals surface area contributed by atoms with E-state index in [1.165, 1.54) is 13.2 Å². The molecule has 0 aromatic heterocycles. The fourth-order valence-electron chi connectivity index (χ4n) is 3.42. The summed E-state index contributed by atoms with van der Waals surface area (Å²) in [7, 11) is 1.54. The van der Waals surface area contributed by atoms with Gasteiger partial charge in [-0.3, -0.25) is 19.3 Å². The Kier molecular flexibility index (Phi) is 7.22. The monoisotopic (exact) mass is 480 g/mol. The molecule has 2 aliphatic rings. The van der Waals surface area contributed by atoms with Gasteiger partial charge in [0.25, 0.3) is 11.1 Å². The molecule has 2 aliphatic heterocycles. The van der Waals surface area contributed by atoms with Gasteiger partial charge in [-0.05, 0) is 54.1 Å². The second kappa shape index (κ2) is 10.5. The smallest absolute Gasteiger partial charge is 0.293 e. The van der Waals surface area contributed by atoms with Gasteiger partial charge in [0.05, 0.1) is 12.0 Å². The molecule has 0 atom stereocenters. The molecule has 0 radical (unpaired) electrons. The second-order valence-corrected chi connectivity index (χ2v) is 8.61. The van der Waals surface area contributed by atoms with Crippen LogP contribution >= 0.6 is 11.8 Å². The molecule has 1 fully saturated rings. The van der Waals surface area contributed by atoms with Gasteiger partial charge in [-0.15, -0.1) is 0 Å². The van der Waals surface area contributed by atoms with E-state index in [-0.39, 0.29) is 30.1 Å². The van der Waals surface area contributed by atoms with Crippen LogP contribution in [-0.2, 0) is 9.59 Å². The number of carbonyl (C=O) groups is 3. The fraction of sp³-hybridized carbons (Fsp3) is 0.240. The number of rotatable bonds is 7. The van der Waals surface area contributed by atoms with Crippen LogP contribution in [-0.4, -0.2) is 55.4 Å². The highest BCUT2D eigenvalue weighted by Gasteiger charge is 2.34. The normalized spacial score (nSPS) is 16.4. The lowest BCUT2D eigenvalue weighted by molar-refractivity contribution is -0.123. The van der Waals surface area contributed by atoms with Crippen LogP contribution in [0.25, 0.3) is 12.2 Å². The Morgan fingerprint density at radius 3 is 2.68 bits per heavy atom. The number of benzene rings is 2. The number of methoxy groups -OCH3 is 1. The molecule has 0 aliphatic carbocycles. The highest BCUT2D eigenvalue weighted by atomic mass is 32.2. The lowest BCUT2D eigenvalue weighted by Crippen LogP contribution is -2.36. The van der Waals surface area contributed by atoms with Gasteiger partial charge in [-0.1, -0.05) is 29.8 Å². The van der Waals surface area contributed by atoms with Gasteiger partial charge in [-0.2, -0.15) is 0 Å². The Balaban J connectivity index is 1.31. The molecule has 0 bridgehead atoms. The number of imide groups is 1. The van der Waals surface area contributed by atoms with E-state index in [2.05, 4.69) is 5.32 Å². The molecule has 176 valence electrons. The second-order valence-electron chi connectivity index (χ2n) is 7.62. The van der Waals surface area contributed by atoms with Gasteiger partial charge in [0.2, 0.25) is 11.7 Å². The van der Waals surface area contributed by atoms with Crippen molar-refractivity contribution in [2.45, 2.75) is 6.92 Å². The van der Waals surface area contributed by atoms with Crippen LogP contribution < -0.4 is 19.5 Å². The summed E-state index contributed by atoms with van der Waals surface area (Å²) in [5.74, 6) is 0.919. The number of aryl methyl sites for hydroxylation is 1. The number of amides is 3. The number of fused-ring (bicyclic) bond motifs is 1. The molecular weight excluding hydrogens is 456 g/mol. The number of carbonyl (C=O) groups excluding carboxylic acids is 3. The third-order valence-electron chi connectivity index (χ3n) is 5.16. The van der Waals surface area contributed by atoms with Crippen molar-refractivity contribution in [3.05, 3.63) is 64.1 Å². The molecule has 2 aromatic rings. The van der Waals surface area contributed by atoms with Crippen molar-refractivity contribution in [3.8, 4) is 17.2 Å². The van der Waals surface area contributed by atoms with Crippen molar-refractivity contribution in [1.82, 2.24) is 10.2 Å². The summed E-state index contributed by atoms with van der Waals surface area (Å²) < 4.78 is 16.5. The van der Waals surface area contributed by atoms with Crippen LogP contribution in [0.2, 0.25) is 0 Å². The minimum atomic E-state index is -0.358. The van der Waals surface area contributed by atoms with Gasteiger partial charge in [0.1, 0.15) is 13.2 Å². The first kappa shape index (κ1) is 23.4. The van der Waals surface area contributed by atoms with Crippen LogP contribution in [0.1, 0.15) is 16.7 Å². The maximum atomic E-state index is 12.6. The molecule has 1 saturated heterocycles. The van der Waals surface area contributed by atoms with Gasteiger partial charge in [0, 0.05) is 19.2 Å². The molecule has 1 N–H and O–H groups in total. The van der Waals surface area contributed by atoms with E-state index in [1.54, 1.807) is 24.3 Å². The van der Waals surface area contributed by atoms with Crippen molar-refractivity contribution in [2.24, 2.45) is 0 Å². The molecule has 0 spiro atoms. The summed E-state index contributed by atoms with van der Waals surface area (Å²) in [6.07, 6.45) is 4.70. The Bertz CT molecular complexity index is 1160. The topological polar surface area (TPSA) is 94.2 Å². The van der Waals surface area contributed by atoms with Crippen LogP contribution in [0.5, 0.6) is 17.2 Å². The average molecular weight is 481 g/mol. The first-order chi connectivity index (χ1) is 16.4. The van der Waals surface area contributed by atoms with E-state index < -0.39 is 0 Å². The summed E-state index contributed by atoms with van der Waals surface area (Å²) in [6.45, 7) is 3.10. The average Bonchev–Trinajstić information content (AvgIpc) is 3.10. The van der Waals surface area contributed by atoms with Crippen molar-refractivity contribution >= 4 is 41.0 Å². The third kappa shape index (κ3) is 5.43. The molecule has 8 nitrogen and oxygen atoms in total. The number of nitrogens with one attached hydrogen (secondary N) is 1. The zero-order chi connectivity index (χ0) is 24.1. The summed E-state index contributed by atoms with van der Waals surface area (Å²) >= 11 is 0.900. The van der Waals surface area contributed by atoms with Crippen LogP contribution in [0.15, 0.2) is 47.4 Å². The molecule has 2 aromatic carbocycles. The van der Waals surface area contributed by atoms with E-state index in [4.69, 9.17) is 14.2 Å². The summed E-state index contributed by atoms with van der Waals surface area (Å²) in [5.41, 5.74) is 2.68. The predicted octanol–water partition coefficient (Wildman–Crippen LogP) is 3.64.